The van der Waals surface area contributed by atoms with E-state index in [-0.39, 0.29) is 12.5 Å². The molecule has 1 heterocycles. The van der Waals surface area contributed by atoms with Crippen molar-refractivity contribution < 1.29 is 9.90 Å². The molecule has 0 saturated carbocycles. The molecule has 1 aromatic heterocycles. The zero-order valence-corrected chi connectivity index (χ0v) is 10.7. The van der Waals surface area contributed by atoms with Crippen molar-refractivity contribution in [2.45, 2.75) is 25.8 Å². The SMILES string of the molecule is CCC(C)(CO)NC(=O)c1c[nH]c2ccccc12. The number of amides is 1. The van der Waals surface area contributed by atoms with E-state index in [1.807, 2.05) is 38.1 Å². The normalized spacial score (nSPS) is 14.4. The lowest BCUT2D eigenvalue weighted by Crippen LogP contribution is -2.48. The summed E-state index contributed by atoms with van der Waals surface area (Å²) in [5, 5.41) is 13.1. The number of carbonyl (C=O) groups is 1. The van der Waals surface area contributed by atoms with E-state index in [1.165, 1.54) is 0 Å². The molecular formula is C14H18N2O2. The summed E-state index contributed by atoms with van der Waals surface area (Å²) in [6, 6.07) is 7.66. The first-order valence-corrected chi connectivity index (χ1v) is 6.09. The molecule has 3 N–H and O–H groups in total. The summed E-state index contributed by atoms with van der Waals surface area (Å²) < 4.78 is 0. The Morgan fingerprint density at radius 1 is 1.44 bits per heavy atom. The van der Waals surface area contributed by atoms with Crippen LogP contribution in [0.4, 0.5) is 0 Å². The van der Waals surface area contributed by atoms with Crippen LogP contribution in [0.3, 0.4) is 0 Å². The second-order valence-electron chi connectivity index (χ2n) is 4.77. The first-order valence-electron chi connectivity index (χ1n) is 6.09. The van der Waals surface area contributed by atoms with Crippen molar-refractivity contribution in [3.05, 3.63) is 36.0 Å². The van der Waals surface area contributed by atoms with Crippen LogP contribution < -0.4 is 5.32 Å². The van der Waals surface area contributed by atoms with Gasteiger partial charge in [0.15, 0.2) is 0 Å². The number of aliphatic hydroxyl groups excluding tert-OH is 1. The van der Waals surface area contributed by atoms with Crippen LogP contribution in [0.5, 0.6) is 0 Å². The van der Waals surface area contributed by atoms with Crippen LogP contribution in [0.2, 0.25) is 0 Å². The van der Waals surface area contributed by atoms with Gasteiger partial charge in [-0.3, -0.25) is 4.79 Å². The van der Waals surface area contributed by atoms with Crippen molar-refractivity contribution >= 4 is 16.8 Å². The van der Waals surface area contributed by atoms with Crippen LogP contribution in [-0.2, 0) is 0 Å². The van der Waals surface area contributed by atoms with Crippen molar-refractivity contribution in [2.75, 3.05) is 6.61 Å². The van der Waals surface area contributed by atoms with Gasteiger partial charge in [-0.05, 0) is 19.4 Å². The van der Waals surface area contributed by atoms with Gasteiger partial charge in [0.05, 0.1) is 17.7 Å². The Bertz CT molecular complexity index is 556. The fourth-order valence-electron chi connectivity index (χ4n) is 1.84. The topological polar surface area (TPSA) is 65.1 Å². The second kappa shape index (κ2) is 4.82. The van der Waals surface area contributed by atoms with Crippen LogP contribution in [0.25, 0.3) is 10.9 Å². The van der Waals surface area contributed by atoms with Crippen molar-refractivity contribution in [3.8, 4) is 0 Å². The molecule has 0 spiro atoms. The largest absolute Gasteiger partial charge is 0.394 e. The highest BCUT2D eigenvalue weighted by molar-refractivity contribution is 6.06. The van der Waals surface area contributed by atoms with Gasteiger partial charge in [-0.1, -0.05) is 25.1 Å². The Kier molecular flexibility index (Phi) is 3.39. The Labute approximate surface area is 106 Å². The highest BCUT2D eigenvalue weighted by Crippen LogP contribution is 2.19. The Balaban J connectivity index is 2.29. The third-order valence-corrected chi connectivity index (χ3v) is 3.38. The lowest BCUT2D eigenvalue weighted by atomic mass is 9.99. The first-order chi connectivity index (χ1) is 8.59. The van der Waals surface area contributed by atoms with Crippen LogP contribution >= 0.6 is 0 Å². The quantitative estimate of drug-likeness (QED) is 0.773. The number of aromatic amines is 1. The molecule has 18 heavy (non-hydrogen) atoms. The lowest BCUT2D eigenvalue weighted by molar-refractivity contribution is 0.0849. The molecular weight excluding hydrogens is 228 g/mol. The summed E-state index contributed by atoms with van der Waals surface area (Å²) in [5.74, 6) is -0.161. The third kappa shape index (κ3) is 2.24. The number of fused-ring (bicyclic) bond motifs is 1. The maximum absolute atomic E-state index is 12.2. The monoisotopic (exact) mass is 246 g/mol. The van der Waals surface area contributed by atoms with Gasteiger partial charge in [0, 0.05) is 17.1 Å². The minimum Gasteiger partial charge on any atom is -0.394 e. The molecule has 96 valence electrons. The number of hydrogen-bond acceptors (Lipinski definition) is 2. The molecule has 2 aromatic rings. The standard InChI is InChI=1S/C14H18N2O2/c1-3-14(2,9-17)16-13(18)11-8-15-12-7-5-4-6-10(11)12/h4-8,15,17H,3,9H2,1-2H3,(H,16,18). The number of H-pyrrole nitrogens is 1. The number of aromatic nitrogens is 1. The van der Waals surface area contributed by atoms with Gasteiger partial charge in [-0.2, -0.15) is 0 Å². The van der Waals surface area contributed by atoms with Crippen LogP contribution in [0, 0.1) is 0 Å². The highest BCUT2D eigenvalue weighted by atomic mass is 16.3. The van der Waals surface area contributed by atoms with E-state index in [4.69, 9.17) is 0 Å². The van der Waals surface area contributed by atoms with E-state index in [1.54, 1.807) is 6.20 Å². The average molecular weight is 246 g/mol. The zero-order chi connectivity index (χ0) is 13.2. The number of rotatable bonds is 4. The summed E-state index contributed by atoms with van der Waals surface area (Å²) in [4.78, 5) is 15.3. The minimum atomic E-state index is -0.574. The Morgan fingerprint density at radius 3 is 2.83 bits per heavy atom. The van der Waals surface area contributed by atoms with E-state index < -0.39 is 5.54 Å². The summed E-state index contributed by atoms with van der Waals surface area (Å²) in [6.07, 6.45) is 2.38. The predicted octanol–water partition coefficient (Wildman–Crippen LogP) is 2.06. The second-order valence-corrected chi connectivity index (χ2v) is 4.77. The van der Waals surface area contributed by atoms with Gasteiger partial charge in [0.2, 0.25) is 0 Å². The number of nitrogens with one attached hydrogen (secondary N) is 2. The van der Waals surface area contributed by atoms with Gasteiger partial charge >= 0.3 is 0 Å². The van der Waals surface area contributed by atoms with Crippen LogP contribution in [0.1, 0.15) is 30.6 Å². The summed E-state index contributed by atoms with van der Waals surface area (Å²) in [5.41, 5.74) is 0.971. The lowest BCUT2D eigenvalue weighted by Gasteiger charge is -2.27. The van der Waals surface area contributed by atoms with E-state index in [0.717, 1.165) is 10.9 Å². The van der Waals surface area contributed by atoms with Gasteiger partial charge in [0.1, 0.15) is 0 Å². The highest BCUT2D eigenvalue weighted by Gasteiger charge is 2.24. The van der Waals surface area contributed by atoms with Gasteiger partial charge < -0.3 is 15.4 Å². The molecule has 0 radical (unpaired) electrons. The maximum Gasteiger partial charge on any atom is 0.253 e. The van der Waals surface area contributed by atoms with Gasteiger partial charge in [-0.15, -0.1) is 0 Å². The summed E-state index contributed by atoms with van der Waals surface area (Å²) >= 11 is 0. The molecule has 0 saturated heterocycles. The van der Waals surface area contributed by atoms with E-state index in [2.05, 4.69) is 10.3 Å². The molecule has 1 amide bonds. The molecule has 1 aromatic carbocycles. The van der Waals surface area contributed by atoms with Crippen molar-refractivity contribution in [1.29, 1.82) is 0 Å². The van der Waals surface area contributed by atoms with Crippen LogP contribution in [0.15, 0.2) is 30.5 Å². The third-order valence-electron chi connectivity index (χ3n) is 3.38. The fourth-order valence-corrected chi connectivity index (χ4v) is 1.84. The molecule has 4 heteroatoms. The number of benzene rings is 1. The van der Waals surface area contributed by atoms with E-state index in [9.17, 15) is 9.90 Å². The molecule has 0 aliphatic carbocycles. The molecule has 4 nitrogen and oxygen atoms in total. The maximum atomic E-state index is 12.2. The van der Waals surface area contributed by atoms with Gasteiger partial charge in [-0.25, -0.2) is 0 Å². The number of para-hydroxylation sites is 1. The molecule has 0 bridgehead atoms. The average Bonchev–Trinajstić information content (AvgIpc) is 2.82. The summed E-state index contributed by atoms with van der Waals surface area (Å²) in [6.45, 7) is 3.70. The van der Waals surface area contributed by atoms with E-state index in [0.29, 0.717) is 12.0 Å². The number of carbonyl (C=O) groups excluding carboxylic acids is 1. The smallest absolute Gasteiger partial charge is 0.253 e. The molecule has 0 aliphatic rings. The van der Waals surface area contributed by atoms with Crippen LogP contribution in [-0.4, -0.2) is 28.1 Å². The first kappa shape index (κ1) is 12.6. The Hall–Kier alpha value is -1.81. The molecule has 2 rings (SSSR count). The van der Waals surface area contributed by atoms with Gasteiger partial charge in [0.25, 0.3) is 5.91 Å². The summed E-state index contributed by atoms with van der Waals surface area (Å²) in [7, 11) is 0. The molecule has 0 fully saturated rings. The number of aliphatic hydroxyl groups is 1. The van der Waals surface area contributed by atoms with Crippen molar-refractivity contribution in [3.63, 3.8) is 0 Å². The Morgan fingerprint density at radius 2 is 2.17 bits per heavy atom. The molecule has 1 atom stereocenters. The fraction of sp³-hybridized carbons (Fsp3) is 0.357. The number of hydrogen-bond donors (Lipinski definition) is 3. The van der Waals surface area contributed by atoms with E-state index >= 15 is 0 Å². The zero-order valence-electron chi connectivity index (χ0n) is 10.7. The van der Waals surface area contributed by atoms with Crippen molar-refractivity contribution in [1.82, 2.24) is 10.3 Å². The molecule has 1 unspecified atom stereocenters. The molecule has 0 aliphatic heterocycles. The minimum absolute atomic E-state index is 0.0718. The van der Waals surface area contributed by atoms with Crippen molar-refractivity contribution in [2.24, 2.45) is 0 Å². The predicted molar refractivity (Wildman–Crippen MR) is 71.5 cm³/mol.